The molecular formula is C15H25N3O2. The standard InChI is InChI=1S/C15H25N3O2/c1-12(2)10-13(8-9-19)11-16-15(20)18-17-14-6-4-3-5-7-14/h3-7,12-13,17,19H,8-11H2,1-2H3,(H2,16,18,20). The van der Waals surface area contributed by atoms with Crippen LogP contribution in [0.5, 0.6) is 0 Å². The SMILES string of the molecule is CC(C)CC(CCO)CNC(=O)NNc1ccccc1. The van der Waals surface area contributed by atoms with E-state index in [9.17, 15) is 4.79 Å². The molecule has 0 aliphatic rings. The van der Waals surface area contributed by atoms with Crippen molar-refractivity contribution in [1.29, 1.82) is 0 Å². The molecule has 0 aliphatic heterocycles. The molecule has 1 aromatic carbocycles. The molecule has 20 heavy (non-hydrogen) atoms. The average molecular weight is 279 g/mol. The maximum atomic E-state index is 11.7. The average Bonchev–Trinajstić information content (AvgIpc) is 2.43. The van der Waals surface area contributed by atoms with Gasteiger partial charge in [0, 0.05) is 13.2 Å². The lowest BCUT2D eigenvalue weighted by Gasteiger charge is -2.19. The van der Waals surface area contributed by atoms with Gasteiger partial charge in [0.15, 0.2) is 0 Å². The lowest BCUT2D eigenvalue weighted by atomic mass is 9.94. The van der Waals surface area contributed by atoms with Gasteiger partial charge in [-0.05, 0) is 36.8 Å². The number of anilines is 1. The molecule has 1 rings (SSSR count). The van der Waals surface area contributed by atoms with E-state index in [1.54, 1.807) is 0 Å². The first kappa shape index (κ1) is 16.3. The van der Waals surface area contributed by atoms with Gasteiger partial charge in [0.2, 0.25) is 0 Å². The van der Waals surface area contributed by atoms with Gasteiger partial charge in [-0.1, -0.05) is 32.0 Å². The number of hydrogen-bond acceptors (Lipinski definition) is 3. The fourth-order valence-corrected chi connectivity index (χ4v) is 2.08. The van der Waals surface area contributed by atoms with E-state index < -0.39 is 0 Å². The summed E-state index contributed by atoms with van der Waals surface area (Å²) < 4.78 is 0. The van der Waals surface area contributed by atoms with Gasteiger partial charge >= 0.3 is 6.03 Å². The van der Waals surface area contributed by atoms with E-state index in [4.69, 9.17) is 5.11 Å². The second-order valence-electron chi connectivity index (χ2n) is 5.33. The van der Waals surface area contributed by atoms with Gasteiger partial charge in [0.1, 0.15) is 0 Å². The summed E-state index contributed by atoms with van der Waals surface area (Å²) in [4.78, 5) is 11.7. The minimum absolute atomic E-state index is 0.156. The first-order chi connectivity index (χ1) is 9.61. The molecule has 1 aromatic rings. The van der Waals surface area contributed by atoms with Crippen LogP contribution < -0.4 is 16.2 Å². The molecule has 5 heteroatoms. The van der Waals surface area contributed by atoms with Crippen LogP contribution in [0.4, 0.5) is 10.5 Å². The molecule has 0 saturated heterocycles. The molecule has 0 aliphatic carbocycles. The van der Waals surface area contributed by atoms with Crippen molar-refractivity contribution in [2.24, 2.45) is 11.8 Å². The maximum absolute atomic E-state index is 11.7. The predicted molar refractivity (Wildman–Crippen MR) is 81.2 cm³/mol. The number of rotatable bonds is 8. The topological polar surface area (TPSA) is 73.4 Å². The van der Waals surface area contributed by atoms with Crippen LogP contribution in [0, 0.1) is 11.8 Å². The van der Waals surface area contributed by atoms with Gasteiger partial charge in [-0.15, -0.1) is 0 Å². The van der Waals surface area contributed by atoms with Crippen molar-refractivity contribution in [3.63, 3.8) is 0 Å². The largest absolute Gasteiger partial charge is 0.396 e. The third kappa shape index (κ3) is 6.99. The monoisotopic (exact) mass is 279 g/mol. The number of urea groups is 1. The molecular weight excluding hydrogens is 254 g/mol. The summed E-state index contributed by atoms with van der Waals surface area (Å²) in [6.45, 7) is 5.01. The number of hydrazine groups is 1. The number of carbonyl (C=O) groups is 1. The highest BCUT2D eigenvalue weighted by atomic mass is 16.3. The van der Waals surface area contributed by atoms with Crippen LogP contribution in [0.2, 0.25) is 0 Å². The molecule has 1 atom stereocenters. The zero-order valence-electron chi connectivity index (χ0n) is 12.2. The molecule has 0 heterocycles. The summed E-state index contributed by atoms with van der Waals surface area (Å²) in [5, 5.41) is 11.8. The summed E-state index contributed by atoms with van der Waals surface area (Å²) >= 11 is 0. The van der Waals surface area contributed by atoms with Crippen molar-refractivity contribution in [3.8, 4) is 0 Å². The van der Waals surface area contributed by atoms with Crippen LogP contribution in [0.15, 0.2) is 30.3 Å². The van der Waals surface area contributed by atoms with Crippen LogP contribution in [-0.2, 0) is 0 Å². The Balaban J connectivity index is 2.27. The van der Waals surface area contributed by atoms with Gasteiger partial charge < -0.3 is 10.4 Å². The second kappa shape index (κ2) is 9.20. The molecule has 0 aromatic heterocycles. The minimum atomic E-state index is -0.263. The molecule has 2 amide bonds. The molecule has 0 radical (unpaired) electrons. The molecule has 5 nitrogen and oxygen atoms in total. The van der Waals surface area contributed by atoms with Gasteiger partial charge in [-0.25, -0.2) is 4.79 Å². The van der Waals surface area contributed by atoms with Crippen LogP contribution in [0.25, 0.3) is 0 Å². The van der Waals surface area contributed by atoms with Crippen molar-refractivity contribution in [1.82, 2.24) is 10.7 Å². The van der Waals surface area contributed by atoms with E-state index in [2.05, 4.69) is 30.0 Å². The Morgan fingerprint density at radius 2 is 1.95 bits per heavy atom. The Bertz CT molecular complexity index is 382. The minimum Gasteiger partial charge on any atom is -0.396 e. The molecule has 4 N–H and O–H groups in total. The van der Waals surface area contributed by atoms with Crippen LogP contribution in [0.3, 0.4) is 0 Å². The van der Waals surface area contributed by atoms with Gasteiger partial charge in [-0.3, -0.25) is 10.9 Å². The first-order valence-corrected chi connectivity index (χ1v) is 7.07. The molecule has 112 valence electrons. The zero-order valence-corrected chi connectivity index (χ0v) is 12.2. The van der Waals surface area contributed by atoms with Crippen LogP contribution in [-0.4, -0.2) is 24.3 Å². The second-order valence-corrected chi connectivity index (χ2v) is 5.33. The van der Waals surface area contributed by atoms with E-state index in [1.807, 2.05) is 30.3 Å². The number of hydrogen-bond donors (Lipinski definition) is 4. The molecule has 0 spiro atoms. The van der Waals surface area contributed by atoms with Gasteiger partial charge in [-0.2, -0.15) is 0 Å². The van der Waals surface area contributed by atoms with Crippen molar-refractivity contribution in [3.05, 3.63) is 30.3 Å². The Morgan fingerprint density at radius 3 is 2.55 bits per heavy atom. The maximum Gasteiger partial charge on any atom is 0.333 e. The van der Waals surface area contributed by atoms with E-state index >= 15 is 0 Å². The Labute approximate surface area is 120 Å². The van der Waals surface area contributed by atoms with Crippen LogP contribution >= 0.6 is 0 Å². The highest BCUT2D eigenvalue weighted by Gasteiger charge is 2.11. The molecule has 0 saturated carbocycles. The number of carbonyl (C=O) groups excluding carboxylic acids is 1. The van der Waals surface area contributed by atoms with E-state index in [1.165, 1.54) is 0 Å². The van der Waals surface area contributed by atoms with Crippen molar-refractivity contribution in [2.45, 2.75) is 26.7 Å². The number of aliphatic hydroxyl groups is 1. The van der Waals surface area contributed by atoms with E-state index in [0.717, 1.165) is 12.1 Å². The summed E-state index contributed by atoms with van der Waals surface area (Å²) in [5.41, 5.74) is 6.25. The predicted octanol–water partition coefficient (Wildman–Crippen LogP) is 2.36. The molecule has 1 unspecified atom stereocenters. The Hall–Kier alpha value is -1.75. The first-order valence-electron chi connectivity index (χ1n) is 7.07. The number of aliphatic hydroxyl groups excluding tert-OH is 1. The summed E-state index contributed by atoms with van der Waals surface area (Å²) in [6.07, 6.45) is 1.71. The molecule has 0 fully saturated rings. The fraction of sp³-hybridized carbons (Fsp3) is 0.533. The Kier molecular flexibility index (Phi) is 7.50. The van der Waals surface area contributed by atoms with Crippen LogP contribution in [0.1, 0.15) is 26.7 Å². The fourth-order valence-electron chi connectivity index (χ4n) is 2.08. The summed E-state index contributed by atoms with van der Waals surface area (Å²) in [7, 11) is 0. The number of benzene rings is 1. The third-order valence-corrected chi connectivity index (χ3v) is 2.99. The van der Waals surface area contributed by atoms with Crippen molar-refractivity contribution in [2.75, 3.05) is 18.6 Å². The highest BCUT2D eigenvalue weighted by Crippen LogP contribution is 2.14. The number of amides is 2. The smallest absolute Gasteiger partial charge is 0.333 e. The van der Waals surface area contributed by atoms with E-state index in [0.29, 0.717) is 24.8 Å². The molecule has 0 bridgehead atoms. The van der Waals surface area contributed by atoms with Gasteiger partial charge in [0.25, 0.3) is 0 Å². The number of nitrogens with one attached hydrogen (secondary N) is 3. The normalized spacial score (nSPS) is 12.0. The lowest BCUT2D eigenvalue weighted by molar-refractivity contribution is 0.226. The highest BCUT2D eigenvalue weighted by molar-refractivity contribution is 5.75. The van der Waals surface area contributed by atoms with Crippen molar-refractivity contribution >= 4 is 11.7 Å². The van der Waals surface area contributed by atoms with Gasteiger partial charge in [0.05, 0.1) is 5.69 Å². The summed E-state index contributed by atoms with van der Waals surface area (Å²) in [6, 6.07) is 9.17. The third-order valence-electron chi connectivity index (χ3n) is 2.99. The quantitative estimate of drug-likeness (QED) is 0.552. The number of para-hydroxylation sites is 1. The summed E-state index contributed by atoms with van der Waals surface area (Å²) in [5.74, 6) is 0.862. The Morgan fingerprint density at radius 1 is 1.25 bits per heavy atom. The van der Waals surface area contributed by atoms with Crippen molar-refractivity contribution < 1.29 is 9.90 Å². The zero-order chi connectivity index (χ0) is 14.8. The lowest BCUT2D eigenvalue weighted by Crippen LogP contribution is -2.41. The van der Waals surface area contributed by atoms with E-state index in [-0.39, 0.29) is 12.6 Å².